The van der Waals surface area contributed by atoms with Crippen LogP contribution in [0.1, 0.15) is 20.9 Å². The molecule has 0 atom stereocenters. The Labute approximate surface area is 136 Å². The van der Waals surface area contributed by atoms with Gasteiger partial charge in [-0.25, -0.2) is 4.39 Å². The Balaban J connectivity index is 2.03. The molecule has 1 heterocycles. The average molecular weight is 328 g/mol. The highest BCUT2D eigenvalue weighted by atomic mass is 19.1. The Hall–Kier alpha value is -3.35. The lowest BCUT2D eigenvalue weighted by molar-refractivity contribution is 0.0977. The molecule has 7 heteroatoms. The smallest absolute Gasteiger partial charge is 0.286 e. The number of nitrogens with two attached hydrogens (primary N) is 1. The van der Waals surface area contributed by atoms with Gasteiger partial charge in [0.05, 0.1) is 7.11 Å². The first-order valence-corrected chi connectivity index (χ1v) is 6.97. The minimum atomic E-state index is -0.868. The maximum Gasteiger partial charge on any atom is 0.286 e. The van der Waals surface area contributed by atoms with Crippen LogP contribution in [0.5, 0.6) is 5.75 Å². The Bertz CT molecular complexity index is 949. The van der Waals surface area contributed by atoms with E-state index < -0.39 is 17.6 Å². The predicted octanol–water partition coefficient (Wildman–Crippen LogP) is 2.93. The lowest BCUT2D eigenvalue weighted by Gasteiger charge is -2.06. The molecule has 0 aliphatic heterocycles. The van der Waals surface area contributed by atoms with Crippen LogP contribution in [0.3, 0.4) is 0 Å². The lowest BCUT2D eigenvalue weighted by Crippen LogP contribution is -2.17. The Morgan fingerprint density at radius 3 is 2.71 bits per heavy atom. The van der Waals surface area contributed by atoms with E-state index >= 15 is 0 Å². The van der Waals surface area contributed by atoms with E-state index in [1.54, 1.807) is 24.3 Å². The van der Waals surface area contributed by atoms with Gasteiger partial charge < -0.3 is 20.2 Å². The van der Waals surface area contributed by atoms with Crippen molar-refractivity contribution in [3.63, 3.8) is 0 Å². The number of rotatable bonds is 4. The van der Waals surface area contributed by atoms with E-state index in [0.29, 0.717) is 16.7 Å². The highest BCUT2D eigenvalue weighted by Gasteiger charge is 2.21. The van der Waals surface area contributed by atoms with Gasteiger partial charge >= 0.3 is 0 Å². The fourth-order valence-corrected chi connectivity index (χ4v) is 2.32. The molecule has 2 amide bonds. The Morgan fingerprint density at radius 1 is 1.21 bits per heavy atom. The van der Waals surface area contributed by atoms with Crippen LogP contribution < -0.4 is 15.8 Å². The van der Waals surface area contributed by atoms with Crippen molar-refractivity contribution >= 4 is 28.5 Å². The number of anilines is 1. The number of ether oxygens (including phenoxy) is 1. The highest BCUT2D eigenvalue weighted by molar-refractivity contribution is 6.14. The molecule has 0 radical (unpaired) electrons. The topological polar surface area (TPSA) is 94.6 Å². The molecule has 0 aliphatic carbocycles. The monoisotopic (exact) mass is 328 g/mol. The first-order valence-electron chi connectivity index (χ1n) is 6.97. The van der Waals surface area contributed by atoms with E-state index in [9.17, 15) is 14.0 Å². The van der Waals surface area contributed by atoms with Crippen molar-refractivity contribution in [2.24, 2.45) is 5.73 Å². The van der Waals surface area contributed by atoms with Crippen molar-refractivity contribution in [1.29, 1.82) is 0 Å². The first-order chi connectivity index (χ1) is 11.5. The molecular formula is C17H13FN2O4. The maximum atomic E-state index is 13.3. The molecule has 0 saturated heterocycles. The third-order valence-corrected chi connectivity index (χ3v) is 3.45. The molecule has 0 aliphatic rings. The van der Waals surface area contributed by atoms with Crippen molar-refractivity contribution in [1.82, 2.24) is 0 Å². The van der Waals surface area contributed by atoms with Crippen molar-refractivity contribution in [2.45, 2.75) is 0 Å². The number of hydrogen-bond acceptors (Lipinski definition) is 4. The molecule has 0 fully saturated rings. The van der Waals surface area contributed by atoms with E-state index in [2.05, 4.69) is 5.32 Å². The summed E-state index contributed by atoms with van der Waals surface area (Å²) in [5.41, 5.74) is 5.82. The molecule has 3 N–H and O–H groups in total. The molecular weight excluding hydrogens is 315 g/mol. The number of halogens is 1. The minimum Gasteiger partial charge on any atom is -0.497 e. The van der Waals surface area contributed by atoms with E-state index in [4.69, 9.17) is 14.9 Å². The molecule has 2 aromatic carbocycles. The molecule has 0 spiro atoms. The number of amides is 2. The highest BCUT2D eigenvalue weighted by Crippen LogP contribution is 2.31. The molecule has 122 valence electrons. The normalized spacial score (nSPS) is 10.6. The second kappa shape index (κ2) is 6.04. The summed E-state index contributed by atoms with van der Waals surface area (Å²) in [5.74, 6) is -1.61. The van der Waals surface area contributed by atoms with Gasteiger partial charge in [0.25, 0.3) is 11.8 Å². The Kier molecular flexibility index (Phi) is 3.91. The largest absolute Gasteiger partial charge is 0.497 e. The zero-order valence-corrected chi connectivity index (χ0v) is 12.6. The molecule has 0 saturated carbocycles. The summed E-state index contributed by atoms with van der Waals surface area (Å²) in [7, 11) is 1.49. The first kappa shape index (κ1) is 15.5. The number of fused-ring (bicyclic) bond motifs is 1. The third kappa shape index (κ3) is 2.79. The fourth-order valence-electron chi connectivity index (χ4n) is 2.32. The SMILES string of the molecule is COc1cccc(C(=O)Nc2c(C(N)=O)oc3cc(F)ccc23)c1. The van der Waals surface area contributed by atoms with Gasteiger partial charge in [0.1, 0.15) is 22.8 Å². The summed E-state index contributed by atoms with van der Waals surface area (Å²) in [4.78, 5) is 24.0. The van der Waals surface area contributed by atoms with Gasteiger partial charge in [0.2, 0.25) is 5.76 Å². The quantitative estimate of drug-likeness (QED) is 0.770. The van der Waals surface area contributed by atoms with E-state index in [-0.39, 0.29) is 17.0 Å². The second-order valence-electron chi connectivity index (χ2n) is 5.00. The number of carbonyl (C=O) groups is 2. The number of furan rings is 1. The second-order valence-corrected chi connectivity index (χ2v) is 5.00. The Morgan fingerprint density at radius 2 is 2.00 bits per heavy atom. The molecule has 3 aromatic rings. The van der Waals surface area contributed by atoms with Crippen LogP contribution in [0.15, 0.2) is 46.9 Å². The molecule has 24 heavy (non-hydrogen) atoms. The van der Waals surface area contributed by atoms with Crippen LogP contribution >= 0.6 is 0 Å². The van der Waals surface area contributed by atoms with Crippen LogP contribution in [0.25, 0.3) is 11.0 Å². The van der Waals surface area contributed by atoms with Crippen LogP contribution in [0.2, 0.25) is 0 Å². The van der Waals surface area contributed by atoms with E-state index in [1.165, 1.54) is 19.2 Å². The molecule has 0 unspecified atom stereocenters. The predicted molar refractivity (Wildman–Crippen MR) is 85.6 cm³/mol. The molecule has 1 aromatic heterocycles. The zero-order chi connectivity index (χ0) is 17.3. The van der Waals surface area contributed by atoms with Gasteiger partial charge in [0.15, 0.2) is 0 Å². The number of methoxy groups -OCH3 is 1. The van der Waals surface area contributed by atoms with Crippen LogP contribution in [0.4, 0.5) is 10.1 Å². The lowest BCUT2D eigenvalue weighted by atomic mass is 10.1. The molecule has 3 rings (SSSR count). The van der Waals surface area contributed by atoms with E-state index in [0.717, 1.165) is 6.07 Å². The zero-order valence-electron chi connectivity index (χ0n) is 12.6. The van der Waals surface area contributed by atoms with Crippen LogP contribution in [0, 0.1) is 5.82 Å². The van der Waals surface area contributed by atoms with Crippen molar-refractivity contribution in [2.75, 3.05) is 12.4 Å². The fraction of sp³-hybridized carbons (Fsp3) is 0.0588. The average Bonchev–Trinajstić information content (AvgIpc) is 2.92. The summed E-state index contributed by atoms with van der Waals surface area (Å²) in [6, 6.07) is 10.2. The maximum absolute atomic E-state index is 13.3. The summed E-state index contributed by atoms with van der Waals surface area (Å²) >= 11 is 0. The van der Waals surface area contributed by atoms with Gasteiger partial charge in [-0.3, -0.25) is 9.59 Å². The number of hydrogen-bond donors (Lipinski definition) is 2. The van der Waals surface area contributed by atoms with Crippen LogP contribution in [-0.2, 0) is 0 Å². The van der Waals surface area contributed by atoms with Crippen LogP contribution in [-0.4, -0.2) is 18.9 Å². The van der Waals surface area contributed by atoms with Gasteiger partial charge in [-0.15, -0.1) is 0 Å². The van der Waals surface area contributed by atoms with Gasteiger partial charge in [0, 0.05) is 17.0 Å². The van der Waals surface area contributed by atoms with E-state index in [1.807, 2.05) is 0 Å². The summed E-state index contributed by atoms with van der Waals surface area (Å²) in [5, 5.41) is 2.97. The molecule has 6 nitrogen and oxygen atoms in total. The minimum absolute atomic E-state index is 0.102. The standard InChI is InChI=1S/C17H13FN2O4/c1-23-11-4-2-3-9(7-11)17(22)20-14-12-6-5-10(18)8-13(12)24-15(14)16(19)21/h2-8H,1H3,(H2,19,21)(H,20,22). The van der Waals surface area contributed by atoms with Crippen molar-refractivity contribution in [3.8, 4) is 5.75 Å². The van der Waals surface area contributed by atoms with Crippen molar-refractivity contribution < 1.29 is 23.1 Å². The number of benzene rings is 2. The molecule has 0 bridgehead atoms. The number of carbonyl (C=O) groups excluding carboxylic acids is 2. The third-order valence-electron chi connectivity index (χ3n) is 3.45. The summed E-state index contributed by atoms with van der Waals surface area (Å²) < 4.78 is 23.7. The van der Waals surface area contributed by atoms with Gasteiger partial charge in [-0.05, 0) is 30.3 Å². The summed E-state index contributed by atoms with van der Waals surface area (Å²) in [6.07, 6.45) is 0. The summed E-state index contributed by atoms with van der Waals surface area (Å²) in [6.45, 7) is 0. The number of nitrogens with one attached hydrogen (secondary N) is 1. The van der Waals surface area contributed by atoms with Gasteiger partial charge in [-0.1, -0.05) is 6.07 Å². The van der Waals surface area contributed by atoms with Gasteiger partial charge in [-0.2, -0.15) is 0 Å². The van der Waals surface area contributed by atoms with Crippen molar-refractivity contribution in [3.05, 3.63) is 59.6 Å². The number of primary amides is 1.